The second kappa shape index (κ2) is 5.60. The first-order chi connectivity index (χ1) is 9.68. The number of hydrogen-bond acceptors (Lipinski definition) is 2. The Morgan fingerprint density at radius 2 is 2.05 bits per heavy atom. The van der Waals surface area contributed by atoms with Gasteiger partial charge in [-0.25, -0.2) is 0 Å². The molecule has 0 spiro atoms. The summed E-state index contributed by atoms with van der Waals surface area (Å²) in [5.41, 5.74) is 1.14. The lowest BCUT2D eigenvalue weighted by atomic mass is 9.81. The van der Waals surface area contributed by atoms with E-state index >= 15 is 0 Å². The molecule has 2 aliphatic carbocycles. The summed E-state index contributed by atoms with van der Waals surface area (Å²) >= 11 is 0. The van der Waals surface area contributed by atoms with Gasteiger partial charge in [0, 0.05) is 18.4 Å². The molecule has 0 radical (unpaired) electrons. The molecule has 2 aliphatic rings. The molecule has 1 amide bonds. The maximum Gasteiger partial charge on any atom is 0.253 e. The average Bonchev–Trinajstić information content (AvgIpc) is 2.84. The van der Waals surface area contributed by atoms with E-state index in [0.717, 1.165) is 36.9 Å². The molecule has 1 aromatic heterocycles. The van der Waals surface area contributed by atoms with Crippen molar-refractivity contribution in [3.63, 3.8) is 0 Å². The average molecular weight is 276 g/mol. The van der Waals surface area contributed by atoms with Gasteiger partial charge in [-0.1, -0.05) is 25.7 Å². The SMILES string of the molecule is O=C(NCC1(O)CCCCC1)c1cc[nH]c1C1CCC1. The van der Waals surface area contributed by atoms with Crippen LogP contribution in [0.2, 0.25) is 0 Å². The number of carbonyl (C=O) groups is 1. The third-order valence-electron chi connectivity index (χ3n) is 4.90. The molecule has 110 valence electrons. The lowest BCUT2D eigenvalue weighted by molar-refractivity contribution is 0.00524. The van der Waals surface area contributed by atoms with E-state index in [2.05, 4.69) is 10.3 Å². The number of aromatic amines is 1. The predicted molar refractivity (Wildman–Crippen MR) is 77.8 cm³/mol. The van der Waals surface area contributed by atoms with Crippen LogP contribution in [0.1, 0.15) is 73.3 Å². The highest BCUT2D eigenvalue weighted by Crippen LogP contribution is 2.37. The van der Waals surface area contributed by atoms with Crippen molar-refractivity contribution in [2.24, 2.45) is 0 Å². The van der Waals surface area contributed by atoms with Crippen molar-refractivity contribution in [3.8, 4) is 0 Å². The summed E-state index contributed by atoms with van der Waals surface area (Å²) in [5.74, 6) is 0.468. The second-order valence-corrected chi connectivity index (χ2v) is 6.40. The normalized spacial score (nSPS) is 22.2. The number of aromatic nitrogens is 1. The van der Waals surface area contributed by atoms with Crippen molar-refractivity contribution in [1.29, 1.82) is 0 Å². The van der Waals surface area contributed by atoms with Crippen LogP contribution in [-0.2, 0) is 0 Å². The van der Waals surface area contributed by atoms with E-state index in [1.807, 2.05) is 12.3 Å². The quantitative estimate of drug-likeness (QED) is 0.791. The molecule has 3 rings (SSSR count). The van der Waals surface area contributed by atoms with Crippen molar-refractivity contribution >= 4 is 5.91 Å². The van der Waals surface area contributed by atoms with Crippen LogP contribution >= 0.6 is 0 Å². The Balaban J connectivity index is 1.60. The molecule has 2 fully saturated rings. The Hall–Kier alpha value is -1.29. The number of nitrogens with one attached hydrogen (secondary N) is 2. The Kier molecular flexibility index (Phi) is 3.83. The second-order valence-electron chi connectivity index (χ2n) is 6.40. The van der Waals surface area contributed by atoms with E-state index in [1.165, 1.54) is 25.7 Å². The van der Waals surface area contributed by atoms with Crippen molar-refractivity contribution in [2.75, 3.05) is 6.54 Å². The summed E-state index contributed by atoms with van der Waals surface area (Å²) in [4.78, 5) is 15.5. The van der Waals surface area contributed by atoms with Gasteiger partial charge in [0.25, 0.3) is 5.91 Å². The fourth-order valence-corrected chi connectivity index (χ4v) is 3.34. The van der Waals surface area contributed by atoms with Crippen molar-refractivity contribution in [3.05, 3.63) is 23.5 Å². The highest BCUT2D eigenvalue weighted by Gasteiger charge is 2.31. The number of carbonyl (C=O) groups excluding carboxylic acids is 1. The summed E-state index contributed by atoms with van der Waals surface area (Å²) in [6.45, 7) is 0.376. The largest absolute Gasteiger partial charge is 0.388 e. The maximum absolute atomic E-state index is 12.3. The van der Waals surface area contributed by atoms with Crippen molar-refractivity contribution < 1.29 is 9.90 Å². The number of hydrogen-bond donors (Lipinski definition) is 3. The van der Waals surface area contributed by atoms with E-state index < -0.39 is 5.60 Å². The van der Waals surface area contributed by atoms with Gasteiger partial charge in [0.2, 0.25) is 0 Å². The molecule has 0 bridgehead atoms. The van der Waals surface area contributed by atoms with Gasteiger partial charge in [0.1, 0.15) is 0 Å². The van der Waals surface area contributed by atoms with Crippen molar-refractivity contribution in [2.45, 2.75) is 62.9 Å². The molecule has 4 heteroatoms. The standard InChI is InChI=1S/C16H24N2O2/c19-15(18-11-16(20)8-2-1-3-9-16)13-7-10-17-14(13)12-5-4-6-12/h7,10,12,17,20H,1-6,8-9,11H2,(H,18,19). The third kappa shape index (κ3) is 2.75. The Bertz CT molecular complexity index is 471. The van der Waals surface area contributed by atoms with Crippen LogP contribution in [-0.4, -0.2) is 28.1 Å². The summed E-state index contributed by atoms with van der Waals surface area (Å²) in [6.07, 6.45) is 10.4. The van der Waals surface area contributed by atoms with E-state index in [-0.39, 0.29) is 5.91 Å². The molecular weight excluding hydrogens is 252 g/mol. The smallest absolute Gasteiger partial charge is 0.253 e. The van der Waals surface area contributed by atoms with E-state index in [9.17, 15) is 9.90 Å². The Labute approximate surface area is 120 Å². The van der Waals surface area contributed by atoms with Gasteiger partial charge < -0.3 is 15.4 Å². The highest BCUT2D eigenvalue weighted by molar-refractivity contribution is 5.95. The molecule has 0 aromatic carbocycles. The van der Waals surface area contributed by atoms with E-state index in [0.29, 0.717) is 12.5 Å². The molecule has 1 aromatic rings. The summed E-state index contributed by atoms with van der Waals surface area (Å²) in [6, 6.07) is 1.86. The van der Waals surface area contributed by atoms with Gasteiger partial charge in [0.05, 0.1) is 11.2 Å². The minimum atomic E-state index is -0.694. The molecule has 0 saturated heterocycles. The lowest BCUT2D eigenvalue weighted by Gasteiger charge is -2.32. The minimum Gasteiger partial charge on any atom is -0.388 e. The van der Waals surface area contributed by atoms with Crippen LogP contribution in [0.15, 0.2) is 12.3 Å². The first-order valence-electron chi connectivity index (χ1n) is 7.86. The Morgan fingerprint density at radius 3 is 2.70 bits per heavy atom. The minimum absolute atomic E-state index is 0.0489. The summed E-state index contributed by atoms with van der Waals surface area (Å²) in [5, 5.41) is 13.4. The number of rotatable bonds is 4. The van der Waals surface area contributed by atoms with E-state index in [1.54, 1.807) is 0 Å². The molecule has 1 heterocycles. The maximum atomic E-state index is 12.3. The van der Waals surface area contributed by atoms with Crippen LogP contribution in [0, 0.1) is 0 Å². The number of amides is 1. The van der Waals surface area contributed by atoms with Crippen LogP contribution in [0.5, 0.6) is 0 Å². The van der Waals surface area contributed by atoms with Gasteiger partial charge in [-0.05, 0) is 37.7 Å². The van der Waals surface area contributed by atoms with E-state index in [4.69, 9.17) is 0 Å². The number of H-pyrrole nitrogens is 1. The van der Waals surface area contributed by atoms with Gasteiger partial charge >= 0.3 is 0 Å². The molecule has 4 nitrogen and oxygen atoms in total. The van der Waals surface area contributed by atoms with Gasteiger partial charge in [-0.2, -0.15) is 0 Å². The third-order valence-corrected chi connectivity index (χ3v) is 4.90. The molecular formula is C16H24N2O2. The lowest BCUT2D eigenvalue weighted by Crippen LogP contribution is -2.44. The molecule has 0 unspecified atom stereocenters. The summed E-state index contributed by atoms with van der Waals surface area (Å²) in [7, 11) is 0. The van der Waals surface area contributed by atoms with Crippen LogP contribution in [0.3, 0.4) is 0 Å². The van der Waals surface area contributed by atoms with Crippen LogP contribution in [0.4, 0.5) is 0 Å². The monoisotopic (exact) mass is 276 g/mol. The fraction of sp³-hybridized carbons (Fsp3) is 0.688. The van der Waals surface area contributed by atoms with Gasteiger partial charge in [-0.15, -0.1) is 0 Å². The topological polar surface area (TPSA) is 65.1 Å². The number of aliphatic hydroxyl groups is 1. The highest BCUT2D eigenvalue weighted by atomic mass is 16.3. The van der Waals surface area contributed by atoms with Crippen LogP contribution in [0.25, 0.3) is 0 Å². The first-order valence-corrected chi connectivity index (χ1v) is 7.86. The zero-order valence-corrected chi connectivity index (χ0v) is 12.0. The Morgan fingerprint density at radius 1 is 1.30 bits per heavy atom. The van der Waals surface area contributed by atoms with Gasteiger partial charge in [0.15, 0.2) is 0 Å². The molecule has 0 atom stereocenters. The van der Waals surface area contributed by atoms with Crippen LogP contribution < -0.4 is 5.32 Å². The molecule has 3 N–H and O–H groups in total. The first kappa shape index (κ1) is 13.7. The molecule has 20 heavy (non-hydrogen) atoms. The summed E-state index contributed by atoms with van der Waals surface area (Å²) < 4.78 is 0. The zero-order valence-electron chi connectivity index (χ0n) is 12.0. The molecule has 2 saturated carbocycles. The molecule has 0 aliphatic heterocycles. The fourth-order valence-electron chi connectivity index (χ4n) is 3.34. The van der Waals surface area contributed by atoms with Crippen molar-refractivity contribution in [1.82, 2.24) is 10.3 Å². The predicted octanol–water partition coefficient (Wildman–Crippen LogP) is 2.71. The zero-order chi connectivity index (χ0) is 14.0. The van der Waals surface area contributed by atoms with Gasteiger partial charge in [-0.3, -0.25) is 4.79 Å².